The van der Waals surface area contributed by atoms with E-state index in [0.717, 1.165) is 0 Å². The number of anilines is 1. The molecule has 0 aliphatic heterocycles. The first-order valence-electron chi connectivity index (χ1n) is 6.15. The van der Waals surface area contributed by atoms with Gasteiger partial charge in [0.1, 0.15) is 6.10 Å². The topological polar surface area (TPSA) is 100.0 Å². The highest BCUT2D eigenvalue weighted by atomic mass is 16.5. The minimum absolute atomic E-state index is 0.208. The maximum absolute atomic E-state index is 5.72. The molecule has 0 aliphatic rings. The van der Waals surface area contributed by atoms with Crippen LogP contribution in [0.15, 0.2) is 16.9 Å². The second-order valence-electron chi connectivity index (χ2n) is 4.37. The van der Waals surface area contributed by atoms with E-state index < -0.39 is 0 Å². The average molecular weight is 263 g/mol. The summed E-state index contributed by atoms with van der Waals surface area (Å²) in [6.07, 6.45) is 2.83. The number of hydrogen-bond donors (Lipinski definition) is 1. The van der Waals surface area contributed by atoms with Crippen molar-refractivity contribution < 1.29 is 9.26 Å². The fourth-order valence-electron chi connectivity index (χ4n) is 1.70. The minimum atomic E-state index is -0.208. The molecule has 102 valence electrons. The summed E-state index contributed by atoms with van der Waals surface area (Å²) in [5, 5.41) is 3.94. The summed E-state index contributed by atoms with van der Waals surface area (Å²) in [5.41, 5.74) is 6.11. The van der Waals surface area contributed by atoms with Crippen LogP contribution in [0.4, 0.5) is 5.82 Å². The Kier molecular flexibility index (Phi) is 4.06. The van der Waals surface area contributed by atoms with Gasteiger partial charge >= 0.3 is 0 Å². The molecule has 0 saturated carbocycles. The van der Waals surface area contributed by atoms with E-state index in [-0.39, 0.29) is 23.7 Å². The number of rotatable bonds is 5. The van der Waals surface area contributed by atoms with Crippen LogP contribution in [-0.4, -0.2) is 26.7 Å². The standard InChI is InChI=1S/C12H17N5O2/c1-4-18-9(7(2)3)11-16-12(19-17-11)8-10(13)15-6-5-14-8/h5-7,9H,4H2,1-3H3,(H2,13,15). The summed E-state index contributed by atoms with van der Waals surface area (Å²) >= 11 is 0. The van der Waals surface area contributed by atoms with Gasteiger partial charge in [-0.15, -0.1) is 0 Å². The van der Waals surface area contributed by atoms with Crippen molar-refractivity contribution in [2.45, 2.75) is 26.9 Å². The molecule has 0 aromatic carbocycles. The molecule has 1 unspecified atom stereocenters. The Bertz CT molecular complexity index is 540. The first kappa shape index (κ1) is 13.4. The van der Waals surface area contributed by atoms with Crippen LogP contribution in [0.1, 0.15) is 32.7 Å². The second-order valence-corrected chi connectivity index (χ2v) is 4.37. The Hall–Kier alpha value is -2.02. The van der Waals surface area contributed by atoms with E-state index in [4.69, 9.17) is 15.0 Å². The summed E-state index contributed by atoms with van der Waals surface area (Å²) in [6, 6.07) is 0. The highest BCUT2D eigenvalue weighted by molar-refractivity contribution is 5.61. The normalized spacial score (nSPS) is 12.8. The van der Waals surface area contributed by atoms with Gasteiger partial charge in [-0.2, -0.15) is 4.98 Å². The molecule has 19 heavy (non-hydrogen) atoms. The zero-order chi connectivity index (χ0) is 13.8. The minimum Gasteiger partial charge on any atom is -0.382 e. The highest BCUT2D eigenvalue weighted by Crippen LogP contribution is 2.26. The number of aromatic nitrogens is 4. The van der Waals surface area contributed by atoms with E-state index in [0.29, 0.717) is 18.1 Å². The van der Waals surface area contributed by atoms with Gasteiger partial charge in [0.15, 0.2) is 11.5 Å². The molecule has 0 fully saturated rings. The lowest BCUT2D eigenvalue weighted by Gasteiger charge is -2.16. The summed E-state index contributed by atoms with van der Waals surface area (Å²) in [4.78, 5) is 12.3. The van der Waals surface area contributed by atoms with Crippen molar-refractivity contribution >= 4 is 5.82 Å². The molecule has 7 heteroatoms. The predicted octanol–water partition coefficient (Wildman–Crippen LogP) is 1.84. The third-order valence-electron chi connectivity index (χ3n) is 2.58. The number of hydrogen-bond acceptors (Lipinski definition) is 7. The monoisotopic (exact) mass is 263 g/mol. The van der Waals surface area contributed by atoms with Crippen LogP contribution in [0.5, 0.6) is 0 Å². The number of ether oxygens (including phenoxy) is 1. The number of nitrogens with two attached hydrogens (primary N) is 1. The zero-order valence-electron chi connectivity index (χ0n) is 11.2. The molecule has 2 aromatic rings. The van der Waals surface area contributed by atoms with Crippen molar-refractivity contribution in [3.63, 3.8) is 0 Å². The molecular formula is C12H17N5O2. The fourth-order valence-corrected chi connectivity index (χ4v) is 1.70. The first-order valence-corrected chi connectivity index (χ1v) is 6.15. The molecule has 2 rings (SSSR count). The third-order valence-corrected chi connectivity index (χ3v) is 2.58. The van der Waals surface area contributed by atoms with Gasteiger partial charge < -0.3 is 15.0 Å². The average Bonchev–Trinajstić information content (AvgIpc) is 2.85. The SMILES string of the molecule is CCOC(c1noc(-c2nccnc2N)n1)C(C)C. The highest BCUT2D eigenvalue weighted by Gasteiger charge is 2.23. The molecular weight excluding hydrogens is 246 g/mol. The molecule has 0 saturated heterocycles. The van der Waals surface area contributed by atoms with Crippen molar-refractivity contribution in [3.05, 3.63) is 18.2 Å². The molecule has 0 radical (unpaired) electrons. The molecule has 2 aromatic heterocycles. The van der Waals surface area contributed by atoms with Crippen LogP contribution in [-0.2, 0) is 4.74 Å². The van der Waals surface area contributed by atoms with E-state index in [1.807, 2.05) is 20.8 Å². The molecule has 0 spiro atoms. The summed E-state index contributed by atoms with van der Waals surface area (Å²) in [6.45, 7) is 6.58. The second kappa shape index (κ2) is 5.75. The summed E-state index contributed by atoms with van der Waals surface area (Å²) in [5.74, 6) is 1.25. The van der Waals surface area contributed by atoms with Crippen molar-refractivity contribution in [3.8, 4) is 11.6 Å². The van der Waals surface area contributed by atoms with E-state index in [1.165, 1.54) is 12.4 Å². The van der Waals surface area contributed by atoms with E-state index in [9.17, 15) is 0 Å². The van der Waals surface area contributed by atoms with E-state index >= 15 is 0 Å². The van der Waals surface area contributed by atoms with E-state index in [2.05, 4.69) is 20.1 Å². The van der Waals surface area contributed by atoms with Gasteiger partial charge in [0.25, 0.3) is 5.89 Å². The number of nitrogen functional groups attached to an aromatic ring is 1. The Morgan fingerprint density at radius 2 is 2.05 bits per heavy atom. The Morgan fingerprint density at radius 1 is 1.32 bits per heavy atom. The van der Waals surface area contributed by atoms with Crippen molar-refractivity contribution in [2.24, 2.45) is 5.92 Å². The molecule has 0 amide bonds. The van der Waals surface area contributed by atoms with Gasteiger partial charge in [-0.1, -0.05) is 19.0 Å². The van der Waals surface area contributed by atoms with Gasteiger partial charge in [-0.3, -0.25) is 0 Å². The van der Waals surface area contributed by atoms with Crippen LogP contribution in [0.2, 0.25) is 0 Å². The molecule has 2 heterocycles. The molecule has 2 N–H and O–H groups in total. The van der Waals surface area contributed by atoms with Gasteiger partial charge in [-0.05, 0) is 12.8 Å². The zero-order valence-corrected chi connectivity index (χ0v) is 11.2. The summed E-state index contributed by atoms with van der Waals surface area (Å²) < 4.78 is 10.8. The molecule has 0 bridgehead atoms. The van der Waals surface area contributed by atoms with Gasteiger partial charge in [-0.25, -0.2) is 9.97 Å². The maximum Gasteiger partial charge on any atom is 0.280 e. The van der Waals surface area contributed by atoms with Gasteiger partial charge in [0, 0.05) is 19.0 Å². The van der Waals surface area contributed by atoms with Crippen LogP contribution in [0.3, 0.4) is 0 Å². The first-order chi connectivity index (χ1) is 9.13. The van der Waals surface area contributed by atoms with Crippen molar-refractivity contribution in [2.75, 3.05) is 12.3 Å². The van der Waals surface area contributed by atoms with Gasteiger partial charge in [0.2, 0.25) is 5.82 Å². The fraction of sp³-hybridized carbons (Fsp3) is 0.500. The van der Waals surface area contributed by atoms with Gasteiger partial charge in [0.05, 0.1) is 0 Å². The Labute approximate surface area is 111 Å². The van der Waals surface area contributed by atoms with Crippen LogP contribution in [0.25, 0.3) is 11.6 Å². The lowest BCUT2D eigenvalue weighted by atomic mass is 10.1. The largest absolute Gasteiger partial charge is 0.382 e. The lowest BCUT2D eigenvalue weighted by molar-refractivity contribution is 0.0217. The van der Waals surface area contributed by atoms with Crippen LogP contribution >= 0.6 is 0 Å². The summed E-state index contributed by atoms with van der Waals surface area (Å²) in [7, 11) is 0. The van der Waals surface area contributed by atoms with Crippen molar-refractivity contribution in [1.82, 2.24) is 20.1 Å². The lowest BCUT2D eigenvalue weighted by Crippen LogP contribution is -2.12. The molecule has 0 aliphatic carbocycles. The maximum atomic E-state index is 5.72. The van der Waals surface area contributed by atoms with Crippen LogP contribution < -0.4 is 5.73 Å². The number of nitrogens with zero attached hydrogens (tertiary/aromatic N) is 4. The molecule has 7 nitrogen and oxygen atoms in total. The van der Waals surface area contributed by atoms with E-state index in [1.54, 1.807) is 0 Å². The third kappa shape index (κ3) is 2.87. The predicted molar refractivity (Wildman–Crippen MR) is 68.9 cm³/mol. The Balaban J connectivity index is 2.30. The smallest absolute Gasteiger partial charge is 0.280 e. The van der Waals surface area contributed by atoms with Crippen molar-refractivity contribution in [1.29, 1.82) is 0 Å². The molecule has 1 atom stereocenters. The van der Waals surface area contributed by atoms with Crippen LogP contribution in [0, 0.1) is 5.92 Å². The Morgan fingerprint density at radius 3 is 2.68 bits per heavy atom. The quantitative estimate of drug-likeness (QED) is 0.878.